The van der Waals surface area contributed by atoms with Gasteiger partial charge in [-0.15, -0.1) is 0 Å². The first-order valence-electron chi connectivity index (χ1n) is 20.6. The molecule has 2 aliphatic heterocycles. The van der Waals surface area contributed by atoms with Crippen LogP contribution in [0.25, 0.3) is 33.3 Å². The van der Waals surface area contributed by atoms with Gasteiger partial charge < -0.3 is 24.8 Å². The van der Waals surface area contributed by atoms with E-state index in [0.717, 1.165) is 68.6 Å². The second kappa shape index (κ2) is 17.2. The van der Waals surface area contributed by atoms with E-state index < -0.39 is 12.1 Å². The van der Waals surface area contributed by atoms with Gasteiger partial charge in [-0.25, -0.2) is 0 Å². The lowest BCUT2D eigenvalue weighted by atomic mass is 9.91. The Hall–Kier alpha value is -6.48. The molecule has 1 unspecified atom stereocenters. The number of H-pyrrole nitrogens is 1. The number of rotatable bonds is 12. The largest absolute Gasteiger partial charge is 0.497 e. The van der Waals surface area contributed by atoms with Gasteiger partial charge in [-0.3, -0.25) is 19.2 Å². The van der Waals surface area contributed by atoms with Gasteiger partial charge in [0, 0.05) is 41.2 Å². The van der Waals surface area contributed by atoms with Crippen LogP contribution in [0.1, 0.15) is 68.1 Å². The summed E-state index contributed by atoms with van der Waals surface area (Å²) < 4.78 is 5.47. The monoisotopic (exact) mass is 786 g/mol. The summed E-state index contributed by atoms with van der Waals surface area (Å²) in [6, 6.07) is 40.2. The number of likely N-dealkylation sites (tertiary alicyclic amines) is 2. The highest BCUT2D eigenvalue weighted by atomic mass is 16.5. The minimum Gasteiger partial charge on any atom is -0.497 e. The summed E-state index contributed by atoms with van der Waals surface area (Å²) in [7, 11) is 1.64. The Labute approximate surface area is 345 Å². The van der Waals surface area contributed by atoms with E-state index in [4.69, 9.17) is 4.74 Å². The van der Waals surface area contributed by atoms with Gasteiger partial charge >= 0.3 is 0 Å². The van der Waals surface area contributed by atoms with Crippen LogP contribution in [0.2, 0.25) is 0 Å². The maximum absolute atomic E-state index is 13.9. The molecule has 3 heterocycles. The molecule has 2 saturated heterocycles. The van der Waals surface area contributed by atoms with E-state index in [1.807, 2.05) is 135 Å². The van der Waals surface area contributed by atoms with Crippen molar-refractivity contribution < 1.29 is 23.9 Å². The summed E-state index contributed by atoms with van der Waals surface area (Å²) in [6.07, 6.45) is 3.07. The number of amides is 3. The molecule has 3 amide bonds. The molecule has 5 aromatic carbocycles. The second-order valence-electron chi connectivity index (χ2n) is 15.8. The topological polar surface area (TPSA) is 112 Å². The Kier molecular flexibility index (Phi) is 11.4. The summed E-state index contributed by atoms with van der Waals surface area (Å²) in [5.41, 5.74) is 8.11. The number of anilines is 1. The number of hydrogen-bond donors (Lipinski definition) is 2. The molecule has 0 spiro atoms. The number of methoxy groups -OCH3 is 1. The second-order valence-corrected chi connectivity index (χ2v) is 15.8. The summed E-state index contributed by atoms with van der Waals surface area (Å²) >= 11 is 0. The molecule has 300 valence electrons. The van der Waals surface area contributed by atoms with E-state index in [-0.39, 0.29) is 41.8 Å². The molecular formula is C50H50N4O5. The lowest BCUT2D eigenvalue weighted by molar-refractivity contribution is -0.137. The summed E-state index contributed by atoms with van der Waals surface area (Å²) in [5.74, 6) is -0.0613. The predicted octanol–water partition coefficient (Wildman–Crippen LogP) is 9.15. The molecule has 4 atom stereocenters. The van der Waals surface area contributed by atoms with Gasteiger partial charge in [0.15, 0.2) is 5.78 Å². The molecule has 59 heavy (non-hydrogen) atoms. The lowest BCUT2D eigenvalue weighted by Crippen LogP contribution is -2.44. The minimum atomic E-state index is -0.528. The smallest absolute Gasteiger partial charge is 0.247 e. The van der Waals surface area contributed by atoms with Crippen molar-refractivity contribution >= 4 is 40.1 Å². The van der Waals surface area contributed by atoms with Gasteiger partial charge in [0.2, 0.25) is 17.7 Å². The highest BCUT2D eigenvalue weighted by molar-refractivity contribution is 6.05. The van der Waals surface area contributed by atoms with Crippen molar-refractivity contribution in [1.82, 2.24) is 14.8 Å². The molecule has 1 aromatic heterocycles. The number of aromatic nitrogens is 1. The summed E-state index contributed by atoms with van der Waals surface area (Å²) in [4.78, 5) is 61.9. The number of aromatic amines is 1. The average Bonchev–Trinajstić information content (AvgIpc) is 4.06. The van der Waals surface area contributed by atoms with Crippen LogP contribution in [0.15, 0.2) is 127 Å². The highest BCUT2D eigenvalue weighted by Gasteiger charge is 2.37. The number of carbonyl (C=O) groups excluding carboxylic acids is 4. The maximum Gasteiger partial charge on any atom is 0.247 e. The van der Waals surface area contributed by atoms with Crippen LogP contribution in [0.4, 0.5) is 5.69 Å². The number of ketones is 1. The predicted molar refractivity (Wildman–Crippen MR) is 232 cm³/mol. The van der Waals surface area contributed by atoms with Crippen molar-refractivity contribution in [2.24, 2.45) is 0 Å². The van der Waals surface area contributed by atoms with Crippen molar-refractivity contribution in [3.05, 3.63) is 144 Å². The van der Waals surface area contributed by atoms with Gasteiger partial charge in [0.05, 0.1) is 31.2 Å². The van der Waals surface area contributed by atoms with Crippen LogP contribution in [0.3, 0.4) is 0 Å². The van der Waals surface area contributed by atoms with Crippen LogP contribution < -0.4 is 10.1 Å². The Balaban J connectivity index is 1.02. The molecule has 2 N–H and O–H groups in total. The van der Waals surface area contributed by atoms with Gasteiger partial charge in [-0.05, 0) is 96.8 Å². The summed E-state index contributed by atoms with van der Waals surface area (Å²) in [5, 5.41) is 4.04. The lowest BCUT2D eigenvalue weighted by Gasteiger charge is -2.27. The Bertz CT molecular complexity index is 2460. The Morgan fingerprint density at radius 2 is 1.32 bits per heavy atom. The van der Waals surface area contributed by atoms with E-state index in [2.05, 4.69) is 16.4 Å². The Morgan fingerprint density at radius 3 is 1.98 bits per heavy atom. The third-order valence-corrected chi connectivity index (χ3v) is 12.2. The molecule has 2 aliphatic rings. The van der Waals surface area contributed by atoms with E-state index in [1.54, 1.807) is 16.9 Å². The average molecular weight is 787 g/mol. The number of Topliss-reactive ketones (excluding diaryl/α,β-unsaturated/α-hetero) is 1. The van der Waals surface area contributed by atoms with Crippen LogP contribution in [-0.4, -0.2) is 70.6 Å². The maximum atomic E-state index is 13.9. The van der Waals surface area contributed by atoms with Crippen molar-refractivity contribution in [3.63, 3.8) is 0 Å². The van der Waals surface area contributed by atoms with Gasteiger partial charge in [0.25, 0.3) is 0 Å². The number of fused-ring (bicyclic) bond motifs is 1. The molecule has 0 radical (unpaired) electrons. The molecular weight excluding hydrogens is 737 g/mol. The van der Waals surface area contributed by atoms with Gasteiger partial charge in [-0.2, -0.15) is 0 Å². The highest BCUT2D eigenvalue weighted by Crippen LogP contribution is 2.40. The zero-order valence-corrected chi connectivity index (χ0v) is 33.8. The third-order valence-electron chi connectivity index (χ3n) is 12.2. The SMILES string of the molecule is COc1ccc(-c2c(-c3ccc(NC(=O)[C@@H]4CCCN4C(=O)[C@H](C)c4ccccc4)cc3)[nH]c3ccc(CC(=O)N4CCCC4C(=O)[C@H](C)c4ccccc4)cc23)cc1. The number of ether oxygens (including phenoxy) is 1. The minimum absolute atomic E-state index is 0.0367. The van der Waals surface area contributed by atoms with Gasteiger partial charge in [0.1, 0.15) is 11.8 Å². The van der Waals surface area contributed by atoms with Crippen molar-refractivity contribution in [3.8, 4) is 28.1 Å². The molecule has 9 nitrogen and oxygen atoms in total. The van der Waals surface area contributed by atoms with E-state index in [1.165, 1.54) is 0 Å². The van der Waals surface area contributed by atoms with Crippen molar-refractivity contribution in [2.45, 2.75) is 69.9 Å². The normalized spacial score (nSPS) is 17.5. The first-order chi connectivity index (χ1) is 28.7. The molecule has 2 fully saturated rings. The molecule has 6 aromatic rings. The Morgan fingerprint density at radius 1 is 0.712 bits per heavy atom. The standard InChI is InChI=1S/C50H50N4O5/c1-32(35-12-6-4-7-13-35)48(56)43-16-10-28-53(43)45(55)31-34-18-27-42-41(30-34)46(37-21-25-40(59-3)26-22-37)47(52-42)38-19-23-39(24-20-38)51-49(57)44-17-11-29-54(44)50(58)33(2)36-14-8-5-9-15-36/h4-9,12-15,18-27,30,32-33,43-44,52H,10-11,16-17,28-29,31H2,1-3H3,(H,51,57)/t32-,33-,43?,44+/m1/s1. The van der Waals surface area contributed by atoms with Crippen LogP contribution in [0.5, 0.6) is 5.75 Å². The molecule has 8 rings (SSSR count). The fourth-order valence-corrected chi connectivity index (χ4v) is 8.84. The van der Waals surface area contributed by atoms with Crippen LogP contribution in [-0.2, 0) is 25.6 Å². The fourth-order valence-electron chi connectivity index (χ4n) is 8.84. The van der Waals surface area contributed by atoms with E-state index in [9.17, 15) is 19.2 Å². The van der Waals surface area contributed by atoms with Crippen molar-refractivity contribution in [1.29, 1.82) is 0 Å². The van der Waals surface area contributed by atoms with E-state index in [0.29, 0.717) is 31.6 Å². The quantitative estimate of drug-likeness (QED) is 0.129. The molecule has 9 heteroatoms. The third kappa shape index (κ3) is 8.15. The van der Waals surface area contributed by atoms with Crippen molar-refractivity contribution in [2.75, 3.05) is 25.5 Å². The fraction of sp³-hybridized carbons (Fsp3) is 0.280. The van der Waals surface area contributed by atoms with Crippen LogP contribution in [0, 0.1) is 0 Å². The van der Waals surface area contributed by atoms with Crippen LogP contribution >= 0.6 is 0 Å². The number of nitrogens with one attached hydrogen (secondary N) is 2. The number of nitrogens with zero attached hydrogens (tertiary/aromatic N) is 2. The molecule has 0 bridgehead atoms. The summed E-state index contributed by atoms with van der Waals surface area (Å²) in [6.45, 7) is 4.97. The first-order valence-corrected chi connectivity index (χ1v) is 20.6. The number of hydrogen-bond acceptors (Lipinski definition) is 5. The zero-order chi connectivity index (χ0) is 41.0. The number of carbonyl (C=O) groups is 4. The number of benzene rings is 5. The van der Waals surface area contributed by atoms with E-state index >= 15 is 0 Å². The first kappa shape index (κ1) is 39.4. The van der Waals surface area contributed by atoms with Gasteiger partial charge in [-0.1, -0.05) is 97.9 Å². The zero-order valence-electron chi connectivity index (χ0n) is 33.8. The molecule has 0 aliphatic carbocycles. The molecule has 0 saturated carbocycles.